The summed E-state index contributed by atoms with van der Waals surface area (Å²) in [6, 6.07) is 0. The van der Waals surface area contributed by atoms with Gasteiger partial charge in [0.05, 0.1) is 0 Å². The molecule has 2 N–H and O–H groups in total. The molecule has 0 rings (SSSR count). The van der Waals surface area contributed by atoms with Crippen LogP contribution in [0.15, 0.2) is 23.7 Å². The molecule has 0 unspecified atom stereocenters. The van der Waals surface area contributed by atoms with E-state index in [1.807, 2.05) is 6.92 Å². The van der Waals surface area contributed by atoms with Crippen LogP contribution >= 0.6 is 0 Å². The van der Waals surface area contributed by atoms with Crippen molar-refractivity contribution >= 4 is 7.12 Å². The molecule has 0 aromatic carbocycles. The van der Waals surface area contributed by atoms with Crippen LogP contribution in [0.1, 0.15) is 20.3 Å². The Labute approximate surface area is 62.0 Å². The van der Waals surface area contributed by atoms with Gasteiger partial charge in [0.1, 0.15) is 0 Å². The summed E-state index contributed by atoms with van der Waals surface area (Å²) in [4.78, 5) is 0. The average Bonchev–Trinajstić information content (AvgIpc) is 1.90. The van der Waals surface area contributed by atoms with Crippen molar-refractivity contribution in [3.05, 3.63) is 23.7 Å². The highest BCUT2D eigenvalue weighted by molar-refractivity contribution is 6.50. The molecule has 0 saturated carbocycles. The van der Waals surface area contributed by atoms with Gasteiger partial charge in [-0.05, 0) is 18.8 Å². The molecule has 0 aromatic rings. The first-order chi connectivity index (χ1) is 4.63. The van der Waals surface area contributed by atoms with E-state index in [0.717, 1.165) is 12.0 Å². The third kappa shape index (κ3) is 2.37. The molecule has 0 aliphatic rings. The van der Waals surface area contributed by atoms with E-state index >= 15 is 0 Å². The lowest BCUT2D eigenvalue weighted by Crippen LogP contribution is -2.14. The molecule has 10 heavy (non-hydrogen) atoms. The van der Waals surface area contributed by atoms with Gasteiger partial charge in [0, 0.05) is 0 Å². The minimum absolute atomic E-state index is 0.581. The summed E-state index contributed by atoms with van der Waals surface area (Å²) in [5.41, 5.74) is 1.48. The predicted molar refractivity (Wildman–Crippen MR) is 43.4 cm³/mol. The first-order valence-corrected chi connectivity index (χ1v) is 3.31. The van der Waals surface area contributed by atoms with E-state index < -0.39 is 7.12 Å². The van der Waals surface area contributed by atoms with Crippen molar-refractivity contribution in [3.63, 3.8) is 0 Å². The topological polar surface area (TPSA) is 40.5 Å². The van der Waals surface area contributed by atoms with Crippen LogP contribution < -0.4 is 0 Å². The molecule has 0 spiro atoms. The number of allylic oxidation sites excluding steroid dienone is 3. The SMILES string of the molecule is C=C/C(CC)=C(\C)B(O)O. The van der Waals surface area contributed by atoms with Gasteiger partial charge in [0.25, 0.3) is 0 Å². The highest BCUT2D eigenvalue weighted by atomic mass is 16.4. The van der Waals surface area contributed by atoms with Crippen LogP contribution in [0.25, 0.3) is 0 Å². The standard InChI is InChI=1S/C7H13BO2/c1-4-7(5-2)6(3)8(9)10/h4,9-10H,1,5H2,2-3H3/b7-6-. The smallest absolute Gasteiger partial charge is 0.423 e. The molecular weight excluding hydrogens is 127 g/mol. The summed E-state index contributed by atoms with van der Waals surface area (Å²) < 4.78 is 0. The van der Waals surface area contributed by atoms with Gasteiger partial charge >= 0.3 is 7.12 Å². The van der Waals surface area contributed by atoms with Crippen LogP contribution in [0.3, 0.4) is 0 Å². The highest BCUT2D eigenvalue weighted by Crippen LogP contribution is 2.09. The summed E-state index contributed by atoms with van der Waals surface area (Å²) in [6.45, 7) is 7.19. The Bertz CT molecular complexity index is 150. The zero-order valence-electron chi connectivity index (χ0n) is 6.46. The second-order valence-electron chi connectivity index (χ2n) is 2.14. The summed E-state index contributed by atoms with van der Waals surface area (Å²) in [5.74, 6) is 0. The fourth-order valence-corrected chi connectivity index (χ4v) is 0.750. The fourth-order valence-electron chi connectivity index (χ4n) is 0.750. The number of hydrogen-bond acceptors (Lipinski definition) is 2. The fraction of sp³-hybridized carbons (Fsp3) is 0.429. The molecule has 56 valence electrons. The minimum Gasteiger partial charge on any atom is -0.423 e. The maximum absolute atomic E-state index is 8.70. The molecular formula is C7H13BO2. The minimum atomic E-state index is -1.34. The molecule has 0 bridgehead atoms. The van der Waals surface area contributed by atoms with Crippen LogP contribution in [0.4, 0.5) is 0 Å². The Morgan fingerprint density at radius 3 is 2.20 bits per heavy atom. The second kappa shape index (κ2) is 4.31. The zero-order chi connectivity index (χ0) is 8.15. The van der Waals surface area contributed by atoms with Crippen LogP contribution in [0, 0.1) is 0 Å². The molecule has 0 saturated heterocycles. The van der Waals surface area contributed by atoms with E-state index in [-0.39, 0.29) is 0 Å². The van der Waals surface area contributed by atoms with Gasteiger partial charge in [0.15, 0.2) is 0 Å². The lowest BCUT2D eigenvalue weighted by molar-refractivity contribution is 0.418. The average molecular weight is 140 g/mol. The van der Waals surface area contributed by atoms with Gasteiger partial charge in [0.2, 0.25) is 0 Å². The van der Waals surface area contributed by atoms with Crippen molar-refractivity contribution < 1.29 is 10.0 Å². The normalized spacial score (nSPS) is 12.4. The molecule has 0 heterocycles. The van der Waals surface area contributed by atoms with E-state index in [4.69, 9.17) is 10.0 Å². The number of hydrogen-bond donors (Lipinski definition) is 2. The van der Waals surface area contributed by atoms with E-state index in [1.54, 1.807) is 13.0 Å². The van der Waals surface area contributed by atoms with Crippen molar-refractivity contribution in [1.82, 2.24) is 0 Å². The van der Waals surface area contributed by atoms with Crippen molar-refractivity contribution in [2.24, 2.45) is 0 Å². The van der Waals surface area contributed by atoms with Gasteiger partial charge in [-0.25, -0.2) is 0 Å². The quantitative estimate of drug-likeness (QED) is 0.451. The van der Waals surface area contributed by atoms with Crippen LogP contribution in [0.2, 0.25) is 0 Å². The molecule has 2 nitrogen and oxygen atoms in total. The lowest BCUT2D eigenvalue weighted by atomic mass is 9.77. The van der Waals surface area contributed by atoms with Crippen LogP contribution in [-0.2, 0) is 0 Å². The van der Waals surface area contributed by atoms with Crippen molar-refractivity contribution in [1.29, 1.82) is 0 Å². The Morgan fingerprint density at radius 1 is 1.60 bits per heavy atom. The van der Waals surface area contributed by atoms with Crippen LogP contribution in [-0.4, -0.2) is 17.2 Å². The predicted octanol–water partition coefficient (Wildman–Crippen LogP) is 0.911. The largest absolute Gasteiger partial charge is 0.484 e. The molecule has 0 aliphatic carbocycles. The summed E-state index contributed by atoms with van der Waals surface area (Å²) in [6.07, 6.45) is 2.43. The first-order valence-electron chi connectivity index (χ1n) is 3.31. The third-order valence-corrected chi connectivity index (χ3v) is 1.52. The monoisotopic (exact) mass is 140 g/mol. The van der Waals surface area contributed by atoms with E-state index in [2.05, 4.69) is 6.58 Å². The van der Waals surface area contributed by atoms with Crippen LogP contribution in [0.5, 0.6) is 0 Å². The van der Waals surface area contributed by atoms with Gasteiger partial charge in [-0.15, -0.1) is 0 Å². The summed E-state index contributed by atoms with van der Waals surface area (Å²) >= 11 is 0. The van der Waals surface area contributed by atoms with Gasteiger partial charge < -0.3 is 10.0 Å². The Kier molecular flexibility index (Phi) is 4.08. The third-order valence-electron chi connectivity index (χ3n) is 1.52. The Balaban J connectivity index is 4.42. The van der Waals surface area contributed by atoms with E-state index in [0.29, 0.717) is 5.47 Å². The Morgan fingerprint density at radius 2 is 2.10 bits per heavy atom. The molecule has 0 fully saturated rings. The highest BCUT2D eigenvalue weighted by Gasteiger charge is 2.11. The van der Waals surface area contributed by atoms with Crippen molar-refractivity contribution in [3.8, 4) is 0 Å². The molecule has 0 aromatic heterocycles. The summed E-state index contributed by atoms with van der Waals surface area (Å²) in [7, 11) is -1.34. The molecule has 0 aliphatic heterocycles. The second-order valence-corrected chi connectivity index (χ2v) is 2.14. The van der Waals surface area contributed by atoms with Gasteiger partial charge in [-0.3, -0.25) is 0 Å². The molecule has 0 radical (unpaired) electrons. The number of rotatable bonds is 3. The first kappa shape index (κ1) is 9.46. The van der Waals surface area contributed by atoms with Gasteiger partial charge in [-0.2, -0.15) is 0 Å². The molecule has 0 atom stereocenters. The molecule has 0 amide bonds. The maximum atomic E-state index is 8.70. The summed E-state index contributed by atoms with van der Waals surface area (Å²) in [5, 5.41) is 17.4. The maximum Gasteiger partial charge on any atom is 0.484 e. The Hall–Kier alpha value is -0.535. The van der Waals surface area contributed by atoms with E-state index in [9.17, 15) is 0 Å². The lowest BCUT2D eigenvalue weighted by Gasteiger charge is -2.03. The van der Waals surface area contributed by atoms with Crippen molar-refractivity contribution in [2.45, 2.75) is 20.3 Å². The van der Waals surface area contributed by atoms with E-state index in [1.165, 1.54) is 0 Å². The van der Waals surface area contributed by atoms with Crippen molar-refractivity contribution in [2.75, 3.05) is 0 Å². The molecule has 3 heteroatoms. The zero-order valence-corrected chi connectivity index (χ0v) is 6.46. The van der Waals surface area contributed by atoms with Gasteiger partial charge in [-0.1, -0.05) is 25.2 Å².